The van der Waals surface area contributed by atoms with Gasteiger partial charge in [0.15, 0.2) is 5.78 Å². The molecular weight excluding hydrogens is 172 g/mol. The van der Waals surface area contributed by atoms with Gasteiger partial charge in [-0.15, -0.1) is 0 Å². The van der Waals surface area contributed by atoms with E-state index in [-0.39, 0.29) is 12.2 Å². The third kappa shape index (κ3) is 2.89. The predicted molar refractivity (Wildman–Crippen MR) is 44.9 cm³/mol. The molecule has 0 aromatic carbocycles. The van der Waals surface area contributed by atoms with Crippen molar-refractivity contribution in [1.82, 2.24) is 0 Å². The zero-order valence-corrected chi connectivity index (χ0v) is 7.54. The molecule has 0 saturated heterocycles. The van der Waals surface area contributed by atoms with Crippen LogP contribution in [0.15, 0.2) is 11.8 Å². The molecule has 0 unspecified atom stereocenters. The SMILES string of the molecule is CCOC(=O)CC(=O)C1=COCC1. The van der Waals surface area contributed by atoms with Gasteiger partial charge in [-0.1, -0.05) is 0 Å². The predicted octanol–water partition coefficient (Wildman–Crippen LogP) is 0.813. The van der Waals surface area contributed by atoms with E-state index >= 15 is 0 Å². The first-order valence-corrected chi connectivity index (χ1v) is 4.23. The molecule has 1 heterocycles. The number of rotatable bonds is 4. The molecule has 0 aromatic rings. The van der Waals surface area contributed by atoms with Crippen LogP contribution in [0.5, 0.6) is 0 Å². The lowest BCUT2D eigenvalue weighted by atomic mass is 10.1. The van der Waals surface area contributed by atoms with Crippen LogP contribution in [-0.2, 0) is 19.1 Å². The van der Waals surface area contributed by atoms with Gasteiger partial charge in [-0.2, -0.15) is 0 Å². The van der Waals surface area contributed by atoms with Crippen molar-refractivity contribution in [3.05, 3.63) is 11.8 Å². The van der Waals surface area contributed by atoms with Gasteiger partial charge in [-0.05, 0) is 6.92 Å². The van der Waals surface area contributed by atoms with Crippen molar-refractivity contribution < 1.29 is 19.1 Å². The normalized spacial score (nSPS) is 14.7. The average molecular weight is 184 g/mol. The van der Waals surface area contributed by atoms with E-state index in [4.69, 9.17) is 4.74 Å². The Bertz CT molecular complexity index is 242. The number of hydrogen-bond acceptors (Lipinski definition) is 4. The number of carbonyl (C=O) groups excluding carboxylic acids is 2. The van der Waals surface area contributed by atoms with Crippen LogP contribution in [0, 0.1) is 0 Å². The molecular formula is C9H12O4. The van der Waals surface area contributed by atoms with Crippen molar-refractivity contribution in [2.24, 2.45) is 0 Å². The molecule has 0 aromatic heterocycles. The van der Waals surface area contributed by atoms with Gasteiger partial charge in [-0.25, -0.2) is 0 Å². The Kier molecular flexibility index (Phi) is 3.49. The zero-order chi connectivity index (χ0) is 9.68. The lowest BCUT2D eigenvalue weighted by molar-refractivity contribution is -0.144. The molecule has 0 N–H and O–H groups in total. The molecule has 13 heavy (non-hydrogen) atoms. The van der Waals surface area contributed by atoms with Crippen LogP contribution < -0.4 is 0 Å². The summed E-state index contributed by atoms with van der Waals surface area (Å²) in [5.74, 6) is -0.670. The van der Waals surface area contributed by atoms with Crippen LogP contribution in [0.3, 0.4) is 0 Å². The topological polar surface area (TPSA) is 52.6 Å². The first-order valence-electron chi connectivity index (χ1n) is 4.23. The Labute approximate surface area is 76.5 Å². The van der Waals surface area contributed by atoms with Crippen LogP contribution in [-0.4, -0.2) is 25.0 Å². The van der Waals surface area contributed by atoms with Crippen molar-refractivity contribution >= 4 is 11.8 Å². The van der Waals surface area contributed by atoms with Gasteiger partial charge < -0.3 is 9.47 Å². The molecule has 0 atom stereocenters. The van der Waals surface area contributed by atoms with Gasteiger partial charge in [0.05, 0.1) is 19.5 Å². The van der Waals surface area contributed by atoms with Gasteiger partial charge in [-0.3, -0.25) is 9.59 Å². The van der Waals surface area contributed by atoms with E-state index in [9.17, 15) is 9.59 Å². The second-order valence-electron chi connectivity index (χ2n) is 2.67. The summed E-state index contributed by atoms with van der Waals surface area (Å²) < 4.78 is 9.53. The van der Waals surface area contributed by atoms with E-state index < -0.39 is 5.97 Å². The minimum Gasteiger partial charge on any atom is -0.500 e. The second-order valence-corrected chi connectivity index (χ2v) is 2.67. The minimum atomic E-state index is -0.472. The molecule has 4 heteroatoms. The zero-order valence-electron chi connectivity index (χ0n) is 7.54. The highest BCUT2D eigenvalue weighted by atomic mass is 16.5. The molecule has 0 radical (unpaired) electrons. The first-order chi connectivity index (χ1) is 6.24. The average Bonchev–Trinajstić information content (AvgIpc) is 2.55. The number of ketones is 1. The number of ether oxygens (including phenoxy) is 2. The fourth-order valence-corrected chi connectivity index (χ4v) is 1.05. The highest BCUT2D eigenvalue weighted by molar-refractivity contribution is 6.05. The number of carbonyl (C=O) groups is 2. The molecule has 0 spiro atoms. The number of esters is 1. The van der Waals surface area contributed by atoms with Crippen LogP contribution >= 0.6 is 0 Å². The Hall–Kier alpha value is -1.32. The van der Waals surface area contributed by atoms with Gasteiger partial charge in [0.25, 0.3) is 0 Å². The third-order valence-electron chi connectivity index (χ3n) is 1.68. The maximum Gasteiger partial charge on any atom is 0.313 e. The molecule has 0 saturated carbocycles. The smallest absolute Gasteiger partial charge is 0.313 e. The number of Topliss-reactive ketones (excluding diaryl/α,β-unsaturated/α-hetero) is 1. The Morgan fingerprint density at radius 1 is 1.62 bits per heavy atom. The van der Waals surface area contributed by atoms with Gasteiger partial charge in [0.1, 0.15) is 6.42 Å². The summed E-state index contributed by atoms with van der Waals surface area (Å²) in [6.07, 6.45) is 1.84. The van der Waals surface area contributed by atoms with E-state index in [1.165, 1.54) is 6.26 Å². The van der Waals surface area contributed by atoms with Crippen LogP contribution in [0.1, 0.15) is 19.8 Å². The van der Waals surface area contributed by atoms with Crippen molar-refractivity contribution in [2.75, 3.05) is 13.2 Å². The highest BCUT2D eigenvalue weighted by Gasteiger charge is 2.18. The molecule has 0 aliphatic carbocycles. The monoisotopic (exact) mass is 184 g/mol. The van der Waals surface area contributed by atoms with Crippen LogP contribution in [0.2, 0.25) is 0 Å². The minimum absolute atomic E-state index is 0.178. The fraction of sp³-hybridized carbons (Fsp3) is 0.556. The van der Waals surface area contributed by atoms with E-state index in [0.29, 0.717) is 25.2 Å². The summed E-state index contributed by atoms with van der Waals surface area (Å²) >= 11 is 0. The van der Waals surface area contributed by atoms with Gasteiger partial charge in [0.2, 0.25) is 0 Å². The summed E-state index contributed by atoms with van der Waals surface area (Å²) in [5.41, 5.74) is 0.577. The van der Waals surface area contributed by atoms with E-state index in [1.807, 2.05) is 0 Å². The molecule has 72 valence electrons. The Balaban J connectivity index is 2.36. The highest BCUT2D eigenvalue weighted by Crippen LogP contribution is 2.13. The van der Waals surface area contributed by atoms with Gasteiger partial charge >= 0.3 is 5.97 Å². The standard InChI is InChI=1S/C9H12O4/c1-2-13-9(11)5-8(10)7-3-4-12-6-7/h6H,2-5H2,1H3. The molecule has 0 amide bonds. The largest absolute Gasteiger partial charge is 0.500 e. The van der Waals surface area contributed by atoms with Crippen molar-refractivity contribution in [1.29, 1.82) is 0 Å². The molecule has 1 rings (SSSR count). The van der Waals surface area contributed by atoms with E-state index in [1.54, 1.807) is 6.92 Å². The summed E-state index contributed by atoms with van der Waals surface area (Å²) in [6, 6.07) is 0. The fourth-order valence-electron chi connectivity index (χ4n) is 1.05. The van der Waals surface area contributed by atoms with Crippen molar-refractivity contribution in [3.8, 4) is 0 Å². The van der Waals surface area contributed by atoms with E-state index in [2.05, 4.69) is 4.74 Å². The molecule has 4 nitrogen and oxygen atoms in total. The van der Waals surface area contributed by atoms with Gasteiger partial charge in [0, 0.05) is 12.0 Å². The molecule has 0 fully saturated rings. The lowest BCUT2D eigenvalue weighted by Gasteiger charge is -2.00. The van der Waals surface area contributed by atoms with Crippen LogP contribution in [0.25, 0.3) is 0 Å². The van der Waals surface area contributed by atoms with Crippen molar-refractivity contribution in [2.45, 2.75) is 19.8 Å². The summed E-state index contributed by atoms with van der Waals surface area (Å²) in [5, 5.41) is 0. The Morgan fingerprint density at radius 2 is 2.38 bits per heavy atom. The first kappa shape index (κ1) is 9.77. The summed E-state index contributed by atoms with van der Waals surface area (Å²) in [4.78, 5) is 22.2. The second kappa shape index (κ2) is 4.64. The maximum atomic E-state index is 11.3. The molecule has 1 aliphatic heterocycles. The lowest BCUT2D eigenvalue weighted by Crippen LogP contribution is -2.12. The summed E-state index contributed by atoms with van der Waals surface area (Å²) in [6.45, 7) is 2.55. The van der Waals surface area contributed by atoms with E-state index in [0.717, 1.165) is 0 Å². The molecule has 1 aliphatic rings. The number of hydrogen-bond donors (Lipinski definition) is 0. The summed E-state index contributed by atoms with van der Waals surface area (Å²) in [7, 11) is 0. The van der Waals surface area contributed by atoms with Crippen molar-refractivity contribution in [3.63, 3.8) is 0 Å². The third-order valence-corrected chi connectivity index (χ3v) is 1.68. The maximum absolute atomic E-state index is 11.3. The molecule has 0 bridgehead atoms. The van der Waals surface area contributed by atoms with Crippen LogP contribution in [0.4, 0.5) is 0 Å². The quantitative estimate of drug-likeness (QED) is 0.479. The Morgan fingerprint density at radius 3 is 2.92 bits per heavy atom.